The molecule has 1 aliphatic rings. The molecule has 0 aliphatic carbocycles. The Morgan fingerprint density at radius 3 is 2.31 bits per heavy atom. The fourth-order valence-electron chi connectivity index (χ4n) is 3.90. The third-order valence-electron chi connectivity index (χ3n) is 5.64. The van der Waals surface area contributed by atoms with Gasteiger partial charge in [0.15, 0.2) is 0 Å². The molecule has 0 atom stereocenters. The van der Waals surface area contributed by atoms with Crippen LogP contribution in [-0.2, 0) is 19.7 Å². The van der Waals surface area contributed by atoms with E-state index in [1.807, 2.05) is 56.3 Å². The number of rotatable bonds is 5. The summed E-state index contributed by atoms with van der Waals surface area (Å²) in [7, 11) is 1.64. The summed E-state index contributed by atoms with van der Waals surface area (Å²) in [5.41, 5.74) is 3.21. The number of carbonyl (C=O) groups excluding carboxylic acids is 2. The van der Waals surface area contributed by atoms with Gasteiger partial charge < -0.3 is 20.1 Å². The lowest BCUT2D eigenvalue weighted by molar-refractivity contribution is -0.136. The molecule has 1 saturated heterocycles. The molecule has 0 aromatic heterocycles. The van der Waals surface area contributed by atoms with E-state index in [1.54, 1.807) is 7.11 Å². The lowest BCUT2D eigenvalue weighted by Gasteiger charge is -2.38. The summed E-state index contributed by atoms with van der Waals surface area (Å²) >= 11 is 0. The molecule has 0 unspecified atom stereocenters. The van der Waals surface area contributed by atoms with Gasteiger partial charge in [-0.25, -0.2) is 0 Å². The Morgan fingerprint density at radius 2 is 1.66 bits per heavy atom. The second-order valence-electron chi connectivity index (χ2n) is 7.50. The largest absolute Gasteiger partial charge is 0.496 e. The van der Waals surface area contributed by atoms with Crippen molar-refractivity contribution in [1.82, 2.24) is 5.32 Å². The molecule has 1 fully saturated rings. The van der Waals surface area contributed by atoms with Crippen LogP contribution in [0.15, 0.2) is 42.5 Å². The summed E-state index contributed by atoms with van der Waals surface area (Å²) in [5, 5.41) is 5.58. The molecule has 6 heteroatoms. The van der Waals surface area contributed by atoms with Crippen molar-refractivity contribution in [3.05, 3.63) is 59.2 Å². The van der Waals surface area contributed by atoms with Crippen LogP contribution in [0.5, 0.6) is 5.75 Å². The Balaban J connectivity index is 1.74. The molecule has 6 nitrogen and oxygen atoms in total. The lowest BCUT2D eigenvalue weighted by atomic mass is 9.73. The average molecular weight is 396 g/mol. The lowest BCUT2D eigenvalue weighted by Crippen LogP contribution is -2.47. The zero-order valence-electron chi connectivity index (χ0n) is 17.2. The second kappa shape index (κ2) is 9.09. The molecule has 2 aromatic carbocycles. The number of carbonyl (C=O) groups is 2. The molecule has 0 radical (unpaired) electrons. The number of hydrogen-bond acceptors (Lipinski definition) is 4. The Kier molecular flexibility index (Phi) is 6.54. The van der Waals surface area contributed by atoms with Gasteiger partial charge >= 0.3 is 11.8 Å². The Morgan fingerprint density at radius 1 is 1.00 bits per heavy atom. The van der Waals surface area contributed by atoms with Gasteiger partial charge in [0, 0.05) is 36.4 Å². The number of nitrogens with one attached hydrogen (secondary N) is 2. The number of ether oxygens (including phenoxy) is 2. The smallest absolute Gasteiger partial charge is 0.313 e. The van der Waals surface area contributed by atoms with Crippen LogP contribution in [0.4, 0.5) is 5.69 Å². The van der Waals surface area contributed by atoms with Gasteiger partial charge in [-0.1, -0.05) is 36.4 Å². The summed E-state index contributed by atoms with van der Waals surface area (Å²) in [6.45, 7) is 5.35. The van der Waals surface area contributed by atoms with Crippen LogP contribution in [0, 0.1) is 13.8 Å². The van der Waals surface area contributed by atoms with E-state index in [1.165, 1.54) is 0 Å². The highest BCUT2D eigenvalue weighted by Crippen LogP contribution is 2.39. The highest BCUT2D eigenvalue weighted by Gasteiger charge is 2.37. The van der Waals surface area contributed by atoms with Gasteiger partial charge in [0.05, 0.1) is 7.11 Å². The monoisotopic (exact) mass is 396 g/mol. The minimum atomic E-state index is -0.662. The van der Waals surface area contributed by atoms with Crippen molar-refractivity contribution in [2.24, 2.45) is 0 Å². The molecular formula is C23H28N2O4. The van der Waals surface area contributed by atoms with E-state index < -0.39 is 11.8 Å². The van der Waals surface area contributed by atoms with Crippen LogP contribution in [0.25, 0.3) is 0 Å². The molecule has 2 amide bonds. The fourth-order valence-corrected chi connectivity index (χ4v) is 3.90. The zero-order chi connectivity index (χ0) is 20.9. The van der Waals surface area contributed by atoms with Crippen LogP contribution in [0.3, 0.4) is 0 Å². The Bertz CT molecular complexity index is 868. The molecule has 0 saturated carbocycles. The van der Waals surface area contributed by atoms with Crippen LogP contribution in [0.1, 0.15) is 29.5 Å². The standard InChI is InChI=1S/C23H28N2O4/c1-16-7-6-8-17(2)20(16)25-22(27)21(26)24-15-23(11-13-29-14-12-23)18-9-4-5-10-19(18)28-3/h4-10H,11-15H2,1-3H3,(H,24,26)(H,25,27). The molecule has 2 N–H and O–H groups in total. The maximum atomic E-state index is 12.6. The summed E-state index contributed by atoms with van der Waals surface area (Å²) in [6, 6.07) is 13.5. The quantitative estimate of drug-likeness (QED) is 0.762. The van der Waals surface area contributed by atoms with Crippen molar-refractivity contribution in [2.45, 2.75) is 32.1 Å². The molecule has 29 heavy (non-hydrogen) atoms. The maximum absolute atomic E-state index is 12.6. The van der Waals surface area contributed by atoms with Crippen LogP contribution >= 0.6 is 0 Å². The molecule has 1 heterocycles. The van der Waals surface area contributed by atoms with E-state index in [0.29, 0.717) is 25.4 Å². The van der Waals surface area contributed by atoms with Gasteiger partial charge in [0.1, 0.15) is 5.75 Å². The number of methoxy groups -OCH3 is 1. The summed E-state index contributed by atoms with van der Waals surface area (Å²) in [5.74, 6) is -0.526. The van der Waals surface area contributed by atoms with Gasteiger partial charge in [0.25, 0.3) is 0 Å². The van der Waals surface area contributed by atoms with E-state index in [4.69, 9.17) is 9.47 Å². The van der Waals surface area contributed by atoms with E-state index in [-0.39, 0.29) is 5.41 Å². The summed E-state index contributed by atoms with van der Waals surface area (Å²) in [6.07, 6.45) is 1.48. The predicted octanol–water partition coefficient (Wildman–Crippen LogP) is 3.12. The van der Waals surface area contributed by atoms with Crippen molar-refractivity contribution in [2.75, 3.05) is 32.2 Å². The zero-order valence-corrected chi connectivity index (χ0v) is 17.2. The normalized spacial score (nSPS) is 15.4. The maximum Gasteiger partial charge on any atom is 0.313 e. The Hall–Kier alpha value is -2.86. The number of hydrogen-bond donors (Lipinski definition) is 2. The number of para-hydroxylation sites is 2. The van der Waals surface area contributed by atoms with Gasteiger partial charge in [-0.2, -0.15) is 0 Å². The van der Waals surface area contributed by atoms with Crippen molar-refractivity contribution >= 4 is 17.5 Å². The highest BCUT2D eigenvalue weighted by atomic mass is 16.5. The van der Waals surface area contributed by atoms with E-state index in [9.17, 15) is 9.59 Å². The number of benzene rings is 2. The molecule has 0 bridgehead atoms. The number of anilines is 1. The average Bonchev–Trinajstić information content (AvgIpc) is 2.75. The van der Waals surface area contributed by atoms with Crippen molar-refractivity contribution in [3.8, 4) is 5.75 Å². The first kappa shape index (κ1) is 20.9. The minimum absolute atomic E-state index is 0.334. The highest BCUT2D eigenvalue weighted by molar-refractivity contribution is 6.39. The second-order valence-corrected chi connectivity index (χ2v) is 7.50. The fraction of sp³-hybridized carbons (Fsp3) is 0.391. The van der Waals surface area contributed by atoms with Crippen molar-refractivity contribution in [3.63, 3.8) is 0 Å². The minimum Gasteiger partial charge on any atom is -0.496 e. The summed E-state index contributed by atoms with van der Waals surface area (Å²) < 4.78 is 11.1. The van der Waals surface area contributed by atoms with Gasteiger partial charge in [-0.15, -0.1) is 0 Å². The predicted molar refractivity (Wildman–Crippen MR) is 112 cm³/mol. The molecule has 0 spiro atoms. The SMILES string of the molecule is COc1ccccc1C1(CNC(=O)C(=O)Nc2c(C)cccc2C)CCOCC1. The molecule has 2 aromatic rings. The third-order valence-corrected chi connectivity index (χ3v) is 5.64. The molecule has 1 aliphatic heterocycles. The molecule has 3 rings (SSSR count). The first-order chi connectivity index (χ1) is 14.0. The van der Waals surface area contributed by atoms with Crippen LogP contribution in [-0.4, -0.2) is 38.7 Å². The van der Waals surface area contributed by atoms with E-state index >= 15 is 0 Å². The van der Waals surface area contributed by atoms with Crippen LogP contribution < -0.4 is 15.4 Å². The number of amides is 2. The van der Waals surface area contributed by atoms with Gasteiger partial charge in [0.2, 0.25) is 0 Å². The van der Waals surface area contributed by atoms with Gasteiger partial charge in [-0.3, -0.25) is 9.59 Å². The Labute approximate surface area is 171 Å². The third kappa shape index (κ3) is 4.59. The van der Waals surface area contributed by atoms with Gasteiger partial charge in [-0.05, 0) is 43.9 Å². The first-order valence-electron chi connectivity index (χ1n) is 9.83. The van der Waals surface area contributed by atoms with E-state index in [0.717, 1.165) is 35.3 Å². The number of aryl methyl sites for hydroxylation is 2. The van der Waals surface area contributed by atoms with Crippen molar-refractivity contribution in [1.29, 1.82) is 0 Å². The first-order valence-corrected chi connectivity index (χ1v) is 9.83. The molecular weight excluding hydrogens is 368 g/mol. The van der Waals surface area contributed by atoms with Crippen molar-refractivity contribution < 1.29 is 19.1 Å². The van der Waals surface area contributed by atoms with E-state index in [2.05, 4.69) is 10.6 Å². The summed E-state index contributed by atoms with van der Waals surface area (Å²) in [4.78, 5) is 25.0. The molecule has 154 valence electrons. The topological polar surface area (TPSA) is 76.7 Å². The van der Waals surface area contributed by atoms with Crippen LogP contribution in [0.2, 0.25) is 0 Å².